The summed E-state index contributed by atoms with van der Waals surface area (Å²) in [6.07, 6.45) is 3.11. The van der Waals surface area contributed by atoms with Gasteiger partial charge in [-0.15, -0.1) is 0 Å². The van der Waals surface area contributed by atoms with Crippen LogP contribution < -0.4 is 5.73 Å². The Morgan fingerprint density at radius 1 is 1.64 bits per heavy atom. The molecule has 0 amide bonds. The van der Waals surface area contributed by atoms with Gasteiger partial charge < -0.3 is 10.6 Å². The molecule has 0 spiro atoms. The fraction of sp³-hybridized carbons (Fsp3) is 0.500. The monoisotopic (exact) mass is 255 g/mol. The smallest absolute Gasteiger partial charge is 0.137 e. The Balaban J connectivity index is 2.20. The highest BCUT2D eigenvalue weighted by atomic mass is 79.9. The molecule has 0 aliphatic carbocycles. The van der Waals surface area contributed by atoms with Crippen molar-refractivity contribution in [3.63, 3.8) is 0 Å². The van der Waals surface area contributed by atoms with Gasteiger partial charge in [-0.25, -0.2) is 4.98 Å². The van der Waals surface area contributed by atoms with Crippen molar-refractivity contribution in [2.75, 3.05) is 25.9 Å². The van der Waals surface area contributed by atoms with Gasteiger partial charge >= 0.3 is 0 Å². The van der Waals surface area contributed by atoms with Crippen molar-refractivity contribution in [3.05, 3.63) is 22.3 Å². The molecule has 14 heavy (non-hydrogen) atoms. The maximum absolute atomic E-state index is 5.65. The average Bonchev–Trinajstić information content (AvgIpc) is 2.57. The van der Waals surface area contributed by atoms with Crippen LogP contribution in [-0.2, 0) is 0 Å². The van der Waals surface area contributed by atoms with E-state index in [4.69, 9.17) is 5.73 Å². The number of hydrogen-bond donors (Lipinski definition) is 1. The largest absolute Gasteiger partial charge is 0.383 e. The standard InChI is InChI=1S/C10H14BrN3/c1-14-3-2-7(6-14)8-4-9(11)10(12)13-5-8/h4-5,7H,2-3,6H2,1H3,(H2,12,13). The Morgan fingerprint density at radius 2 is 2.43 bits per heavy atom. The van der Waals surface area contributed by atoms with E-state index in [2.05, 4.69) is 38.9 Å². The van der Waals surface area contributed by atoms with E-state index < -0.39 is 0 Å². The van der Waals surface area contributed by atoms with E-state index in [0.29, 0.717) is 11.7 Å². The SMILES string of the molecule is CN1CCC(c2cnc(N)c(Br)c2)C1. The molecule has 1 unspecified atom stereocenters. The Kier molecular flexibility index (Phi) is 2.74. The fourth-order valence-corrected chi connectivity index (χ4v) is 2.26. The van der Waals surface area contributed by atoms with Crippen molar-refractivity contribution in [1.82, 2.24) is 9.88 Å². The maximum Gasteiger partial charge on any atom is 0.137 e. The van der Waals surface area contributed by atoms with Gasteiger partial charge in [0, 0.05) is 12.7 Å². The minimum Gasteiger partial charge on any atom is -0.383 e. The molecule has 1 aromatic heterocycles. The van der Waals surface area contributed by atoms with Crippen LogP contribution >= 0.6 is 15.9 Å². The number of hydrogen-bond acceptors (Lipinski definition) is 3. The Bertz CT molecular complexity index is 340. The van der Waals surface area contributed by atoms with Crippen LogP contribution in [-0.4, -0.2) is 30.0 Å². The number of halogens is 1. The number of pyridine rings is 1. The first-order chi connectivity index (χ1) is 6.66. The van der Waals surface area contributed by atoms with Gasteiger partial charge in [-0.05, 0) is 53.5 Å². The van der Waals surface area contributed by atoms with Crippen LogP contribution in [0.1, 0.15) is 17.9 Å². The highest BCUT2D eigenvalue weighted by molar-refractivity contribution is 9.10. The van der Waals surface area contributed by atoms with E-state index in [9.17, 15) is 0 Å². The topological polar surface area (TPSA) is 42.2 Å². The first kappa shape index (κ1) is 9.93. The lowest BCUT2D eigenvalue weighted by Crippen LogP contribution is -2.13. The summed E-state index contributed by atoms with van der Waals surface area (Å²) in [6, 6.07) is 2.09. The lowest BCUT2D eigenvalue weighted by molar-refractivity contribution is 0.411. The highest BCUT2D eigenvalue weighted by Gasteiger charge is 2.21. The first-order valence-corrected chi connectivity index (χ1v) is 5.55. The Hall–Kier alpha value is -0.610. The molecule has 1 aliphatic heterocycles. The molecule has 4 heteroatoms. The number of aromatic nitrogens is 1. The van der Waals surface area contributed by atoms with E-state index in [0.717, 1.165) is 11.0 Å². The third-order valence-corrected chi connectivity index (χ3v) is 3.39. The molecule has 2 rings (SSSR count). The number of nitrogen functional groups attached to an aromatic ring is 1. The Labute approximate surface area is 92.4 Å². The molecule has 1 aliphatic rings. The van der Waals surface area contributed by atoms with Gasteiger partial charge in [0.05, 0.1) is 4.47 Å². The van der Waals surface area contributed by atoms with Gasteiger partial charge in [0.25, 0.3) is 0 Å². The zero-order valence-electron chi connectivity index (χ0n) is 8.20. The fourth-order valence-electron chi connectivity index (χ4n) is 1.89. The maximum atomic E-state index is 5.65. The molecule has 3 nitrogen and oxygen atoms in total. The van der Waals surface area contributed by atoms with E-state index >= 15 is 0 Å². The first-order valence-electron chi connectivity index (χ1n) is 4.76. The van der Waals surface area contributed by atoms with Crippen LogP contribution in [0.25, 0.3) is 0 Å². The van der Waals surface area contributed by atoms with Gasteiger partial charge in [0.2, 0.25) is 0 Å². The summed E-state index contributed by atoms with van der Waals surface area (Å²) in [5.41, 5.74) is 6.93. The van der Waals surface area contributed by atoms with Gasteiger partial charge in [-0.2, -0.15) is 0 Å². The predicted octanol–water partition coefficient (Wildman–Crippen LogP) is 1.85. The van der Waals surface area contributed by atoms with Crippen molar-refractivity contribution in [2.45, 2.75) is 12.3 Å². The van der Waals surface area contributed by atoms with Crippen molar-refractivity contribution < 1.29 is 0 Å². The number of rotatable bonds is 1. The van der Waals surface area contributed by atoms with E-state index in [1.54, 1.807) is 0 Å². The Morgan fingerprint density at radius 3 is 3.00 bits per heavy atom. The molecule has 0 bridgehead atoms. The molecule has 0 radical (unpaired) electrons. The summed E-state index contributed by atoms with van der Waals surface area (Å²) in [5, 5.41) is 0. The van der Waals surface area contributed by atoms with Crippen LogP contribution in [0.3, 0.4) is 0 Å². The van der Waals surface area contributed by atoms with Gasteiger partial charge in [0.1, 0.15) is 5.82 Å². The minimum atomic E-state index is 0.570. The molecule has 0 aromatic carbocycles. The molecule has 1 atom stereocenters. The third-order valence-electron chi connectivity index (χ3n) is 2.75. The van der Waals surface area contributed by atoms with Crippen molar-refractivity contribution in [3.8, 4) is 0 Å². The molecule has 1 fully saturated rings. The zero-order chi connectivity index (χ0) is 10.1. The summed E-state index contributed by atoms with van der Waals surface area (Å²) >= 11 is 3.41. The normalized spacial score (nSPS) is 22.9. The molecule has 2 N–H and O–H groups in total. The lowest BCUT2D eigenvalue weighted by Gasteiger charge is -2.11. The summed E-state index contributed by atoms with van der Waals surface area (Å²) in [7, 11) is 2.15. The molecule has 2 heterocycles. The van der Waals surface area contributed by atoms with Gasteiger partial charge in [-0.3, -0.25) is 0 Å². The van der Waals surface area contributed by atoms with Crippen LogP contribution in [0.2, 0.25) is 0 Å². The van der Waals surface area contributed by atoms with Crippen molar-refractivity contribution >= 4 is 21.7 Å². The van der Waals surface area contributed by atoms with Crippen molar-refractivity contribution in [1.29, 1.82) is 0 Å². The molecular weight excluding hydrogens is 242 g/mol. The zero-order valence-corrected chi connectivity index (χ0v) is 9.79. The van der Waals surface area contributed by atoms with E-state index in [1.165, 1.54) is 18.5 Å². The van der Waals surface area contributed by atoms with Crippen molar-refractivity contribution in [2.24, 2.45) is 0 Å². The van der Waals surface area contributed by atoms with Gasteiger partial charge in [0.15, 0.2) is 0 Å². The lowest BCUT2D eigenvalue weighted by atomic mass is 10.0. The molecule has 0 saturated carbocycles. The molecule has 76 valence electrons. The summed E-state index contributed by atoms with van der Waals surface area (Å²) < 4.78 is 0.907. The number of nitrogens with two attached hydrogens (primary N) is 1. The number of nitrogens with zero attached hydrogens (tertiary/aromatic N) is 2. The number of likely N-dealkylation sites (tertiary alicyclic amines) is 1. The summed E-state index contributed by atoms with van der Waals surface area (Å²) in [6.45, 7) is 2.30. The minimum absolute atomic E-state index is 0.570. The van der Waals surface area contributed by atoms with E-state index in [1.807, 2.05) is 6.20 Å². The van der Waals surface area contributed by atoms with Crippen LogP contribution in [0, 0.1) is 0 Å². The van der Waals surface area contributed by atoms with Crippen LogP contribution in [0.5, 0.6) is 0 Å². The van der Waals surface area contributed by atoms with Gasteiger partial charge in [-0.1, -0.05) is 0 Å². The second-order valence-corrected chi connectivity index (χ2v) is 4.74. The van der Waals surface area contributed by atoms with E-state index in [-0.39, 0.29) is 0 Å². The third kappa shape index (κ3) is 1.91. The molecule has 1 aromatic rings. The summed E-state index contributed by atoms with van der Waals surface area (Å²) in [5.74, 6) is 1.18. The van der Waals surface area contributed by atoms with Crippen LogP contribution in [0.15, 0.2) is 16.7 Å². The molecule has 1 saturated heterocycles. The quantitative estimate of drug-likeness (QED) is 0.833. The average molecular weight is 256 g/mol. The second kappa shape index (κ2) is 3.87. The van der Waals surface area contributed by atoms with Crippen LogP contribution in [0.4, 0.5) is 5.82 Å². The highest BCUT2D eigenvalue weighted by Crippen LogP contribution is 2.28. The molecular formula is C10H14BrN3. The predicted molar refractivity (Wildman–Crippen MR) is 61.2 cm³/mol. The number of likely N-dealkylation sites (N-methyl/N-ethyl adjacent to an activating group) is 1. The summed E-state index contributed by atoms with van der Waals surface area (Å²) in [4.78, 5) is 6.50. The second-order valence-electron chi connectivity index (χ2n) is 3.88. The number of anilines is 1.